The van der Waals surface area contributed by atoms with E-state index in [1.165, 1.54) is 12.1 Å². The Labute approximate surface area is 116 Å². The van der Waals surface area contributed by atoms with Gasteiger partial charge in [0.1, 0.15) is 11.6 Å². The molecule has 1 aromatic rings. The third kappa shape index (κ3) is 3.44. The summed E-state index contributed by atoms with van der Waals surface area (Å²) in [6.07, 6.45) is 0.0782. The van der Waals surface area contributed by atoms with E-state index in [4.69, 9.17) is 10.00 Å². The molecule has 20 heavy (non-hydrogen) atoms. The van der Waals surface area contributed by atoms with Gasteiger partial charge < -0.3 is 15.0 Å². The molecule has 1 aliphatic heterocycles. The number of nitro groups is 1. The predicted molar refractivity (Wildman–Crippen MR) is 73.5 cm³/mol. The van der Waals surface area contributed by atoms with Gasteiger partial charge in [-0.25, -0.2) is 0 Å². The summed E-state index contributed by atoms with van der Waals surface area (Å²) < 4.78 is 5.61. The van der Waals surface area contributed by atoms with Crippen LogP contribution in [0.2, 0.25) is 0 Å². The van der Waals surface area contributed by atoms with Gasteiger partial charge in [0, 0.05) is 31.4 Å². The molecule has 0 radical (unpaired) electrons. The SMILES string of the molecule is CN1CCOC(CNc2ccc([N+](=O)[O-])c(C#N)c2)C1. The molecule has 106 valence electrons. The van der Waals surface area contributed by atoms with Crippen molar-refractivity contribution in [2.45, 2.75) is 6.10 Å². The quantitative estimate of drug-likeness (QED) is 0.656. The lowest BCUT2D eigenvalue weighted by Crippen LogP contribution is -2.43. The lowest BCUT2D eigenvalue weighted by molar-refractivity contribution is -0.385. The molecule has 1 heterocycles. The van der Waals surface area contributed by atoms with E-state index in [1.54, 1.807) is 6.07 Å². The van der Waals surface area contributed by atoms with Gasteiger partial charge in [0.2, 0.25) is 0 Å². The fraction of sp³-hybridized carbons (Fsp3) is 0.462. The number of hydrogen-bond donors (Lipinski definition) is 1. The van der Waals surface area contributed by atoms with E-state index < -0.39 is 4.92 Å². The van der Waals surface area contributed by atoms with Crippen LogP contribution in [-0.4, -0.2) is 49.2 Å². The number of nitrogens with zero attached hydrogens (tertiary/aromatic N) is 3. The van der Waals surface area contributed by atoms with Crippen molar-refractivity contribution >= 4 is 11.4 Å². The largest absolute Gasteiger partial charge is 0.382 e. The van der Waals surface area contributed by atoms with Gasteiger partial charge in [-0.15, -0.1) is 0 Å². The van der Waals surface area contributed by atoms with E-state index >= 15 is 0 Å². The monoisotopic (exact) mass is 276 g/mol. The average molecular weight is 276 g/mol. The second-order valence-electron chi connectivity index (χ2n) is 4.74. The van der Waals surface area contributed by atoms with Gasteiger partial charge in [0.15, 0.2) is 0 Å². The Kier molecular flexibility index (Phi) is 4.50. The summed E-state index contributed by atoms with van der Waals surface area (Å²) in [4.78, 5) is 12.4. The molecule has 7 nitrogen and oxygen atoms in total. The molecular formula is C13H16N4O3. The molecule has 1 atom stereocenters. The fourth-order valence-corrected chi connectivity index (χ4v) is 2.12. The van der Waals surface area contributed by atoms with Gasteiger partial charge >= 0.3 is 0 Å². The highest BCUT2D eigenvalue weighted by atomic mass is 16.6. The van der Waals surface area contributed by atoms with Crippen molar-refractivity contribution < 1.29 is 9.66 Å². The van der Waals surface area contributed by atoms with Crippen LogP contribution in [0.4, 0.5) is 11.4 Å². The predicted octanol–water partition coefficient (Wildman–Crippen LogP) is 1.21. The lowest BCUT2D eigenvalue weighted by atomic mass is 10.1. The molecule has 1 N–H and O–H groups in total. The first-order chi connectivity index (χ1) is 9.60. The van der Waals surface area contributed by atoms with Crippen LogP contribution in [0, 0.1) is 21.4 Å². The number of likely N-dealkylation sites (N-methyl/N-ethyl adjacent to an activating group) is 1. The van der Waals surface area contributed by atoms with Crippen LogP contribution in [0.5, 0.6) is 0 Å². The van der Waals surface area contributed by atoms with Gasteiger partial charge in [-0.2, -0.15) is 5.26 Å². The summed E-state index contributed by atoms with van der Waals surface area (Å²) in [6, 6.07) is 6.28. The minimum absolute atomic E-state index is 0.0571. The lowest BCUT2D eigenvalue weighted by Gasteiger charge is -2.30. The maximum atomic E-state index is 10.7. The Morgan fingerprint density at radius 1 is 1.65 bits per heavy atom. The van der Waals surface area contributed by atoms with Crippen LogP contribution in [0.25, 0.3) is 0 Å². The number of rotatable bonds is 4. The van der Waals surface area contributed by atoms with E-state index in [2.05, 4.69) is 10.2 Å². The highest BCUT2D eigenvalue weighted by Crippen LogP contribution is 2.21. The number of hydrogen-bond acceptors (Lipinski definition) is 6. The van der Waals surface area contributed by atoms with Crippen LogP contribution in [0.3, 0.4) is 0 Å². The summed E-state index contributed by atoms with van der Waals surface area (Å²) in [5.41, 5.74) is 0.567. The molecule has 1 unspecified atom stereocenters. The highest BCUT2D eigenvalue weighted by molar-refractivity contribution is 5.58. The van der Waals surface area contributed by atoms with Gasteiger partial charge in [0.05, 0.1) is 17.6 Å². The molecule has 2 rings (SSSR count). The van der Waals surface area contributed by atoms with Gasteiger partial charge in [0.25, 0.3) is 5.69 Å². The minimum Gasteiger partial charge on any atom is -0.382 e. The molecule has 7 heteroatoms. The smallest absolute Gasteiger partial charge is 0.287 e. The normalized spacial score (nSPS) is 19.3. The molecule has 0 saturated carbocycles. The number of ether oxygens (including phenoxy) is 1. The highest BCUT2D eigenvalue weighted by Gasteiger charge is 2.18. The molecule has 0 aliphatic carbocycles. The molecule has 0 spiro atoms. The van der Waals surface area contributed by atoms with E-state index in [0.717, 1.165) is 13.1 Å². The number of nitriles is 1. The Balaban J connectivity index is 2.00. The summed E-state index contributed by atoms with van der Waals surface area (Å²) in [5, 5.41) is 22.8. The second-order valence-corrected chi connectivity index (χ2v) is 4.74. The van der Waals surface area contributed by atoms with Gasteiger partial charge in [-0.3, -0.25) is 10.1 Å². The fourth-order valence-electron chi connectivity index (χ4n) is 2.12. The van der Waals surface area contributed by atoms with E-state index in [9.17, 15) is 10.1 Å². The maximum absolute atomic E-state index is 10.7. The molecular weight excluding hydrogens is 260 g/mol. The summed E-state index contributed by atoms with van der Waals surface area (Å²) >= 11 is 0. The first-order valence-electron chi connectivity index (χ1n) is 6.32. The van der Waals surface area contributed by atoms with Crippen molar-refractivity contribution in [3.05, 3.63) is 33.9 Å². The molecule has 1 fully saturated rings. The Hall–Kier alpha value is -2.17. The van der Waals surface area contributed by atoms with Gasteiger partial charge in [-0.05, 0) is 19.2 Å². The number of nitrogens with one attached hydrogen (secondary N) is 1. The van der Waals surface area contributed by atoms with Crippen LogP contribution < -0.4 is 5.32 Å². The number of morpholine rings is 1. The number of anilines is 1. The zero-order valence-electron chi connectivity index (χ0n) is 11.2. The third-order valence-electron chi connectivity index (χ3n) is 3.19. The second kappa shape index (κ2) is 6.32. The van der Waals surface area contributed by atoms with Crippen molar-refractivity contribution in [2.24, 2.45) is 0 Å². The zero-order valence-corrected chi connectivity index (χ0v) is 11.2. The van der Waals surface area contributed by atoms with Crippen molar-refractivity contribution in [1.29, 1.82) is 5.26 Å². The summed E-state index contributed by atoms with van der Waals surface area (Å²) in [7, 11) is 2.04. The van der Waals surface area contributed by atoms with Crippen LogP contribution in [-0.2, 0) is 4.74 Å². The molecule has 1 aromatic carbocycles. The van der Waals surface area contributed by atoms with Crippen molar-refractivity contribution in [3.8, 4) is 6.07 Å². The Morgan fingerprint density at radius 2 is 2.45 bits per heavy atom. The van der Waals surface area contributed by atoms with Crippen molar-refractivity contribution in [3.63, 3.8) is 0 Å². The molecule has 0 aromatic heterocycles. The van der Waals surface area contributed by atoms with E-state index in [1.807, 2.05) is 13.1 Å². The van der Waals surface area contributed by atoms with Crippen LogP contribution in [0.1, 0.15) is 5.56 Å². The van der Waals surface area contributed by atoms with E-state index in [0.29, 0.717) is 18.8 Å². The van der Waals surface area contributed by atoms with E-state index in [-0.39, 0.29) is 17.4 Å². The Morgan fingerprint density at radius 3 is 3.10 bits per heavy atom. The Bertz CT molecular complexity index is 541. The van der Waals surface area contributed by atoms with Gasteiger partial charge in [-0.1, -0.05) is 0 Å². The standard InChI is InChI=1S/C13H16N4O3/c1-16-4-5-20-12(9-16)8-15-11-2-3-13(17(18)19)10(6-11)7-14/h2-3,6,12,15H,4-5,8-9H2,1H3. The van der Waals surface area contributed by atoms with Crippen LogP contribution >= 0.6 is 0 Å². The zero-order chi connectivity index (χ0) is 14.5. The summed E-state index contributed by atoms with van der Waals surface area (Å²) in [6.45, 7) is 3.07. The first-order valence-corrected chi connectivity index (χ1v) is 6.32. The summed E-state index contributed by atoms with van der Waals surface area (Å²) in [5.74, 6) is 0. The average Bonchev–Trinajstić information content (AvgIpc) is 2.44. The molecule has 1 aliphatic rings. The maximum Gasteiger partial charge on any atom is 0.287 e. The molecule has 1 saturated heterocycles. The molecule has 0 bridgehead atoms. The van der Waals surface area contributed by atoms with Crippen LogP contribution in [0.15, 0.2) is 18.2 Å². The van der Waals surface area contributed by atoms with Crippen molar-refractivity contribution in [1.82, 2.24) is 4.90 Å². The first kappa shape index (κ1) is 14.2. The molecule has 0 amide bonds. The van der Waals surface area contributed by atoms with Crippen molar-refractivity contribution in [2.75, 3.05) is 38.6 Å². The number of nitro benzene ring substituents is 1. The minimum atomic E-state index is -0.554. The number of benzene rings is 1. The topological polar surface area (TPSA) is 91.4 Å². The third-order valence-corrected chi connectivity index (χ3v) is 3.19.